The van der Waals surface area contributed by atoms with Gasteiger partial charge in [0.15, 0.2) is 0 Å². The summed E-state index contributed by atoms with van der Waals surface area (Å²) in [4.78, 5) is 0. The number of para-hydroxylation sites is 1. The minimum Gasteiger partial charge on any atom is -0.508 e. The van der Waals surface area contributed by atoms with Gasteiger partial charge in [-0.2, -0.15) is 49.2 Å². The Morgan fingerprint density at radius 2 is 0.773 bits per heavy atom. The Bertz CT molecular complexity index is 491. The van der Waals surface area contributed by atoms with Crippen molar-refractivity contribution in [1.82, 2.24) is 0 Å². The largest absolute Gasteiger partial charge is 2.00 e. The van der Waals surface area contributed by atoms with Crippen LogP contribution in [0.15, 0.2) is 91.0 Å². The smallest absolute Gasteiger partial charge is 0.508 e. The van der Waals surface area contributed by atoms with Crippen LogP contribution >= 0.6 is 0 Å². The van der Waals surface area contributed by atoms with E-state index in [1.54, 1.807) is 24.3 Å². The Morgan fingerprint density at radius 1 is 0.500 bits per heavy atom. The van der Waals surface area contributed by atoms with Crippen LogP contribution in [0.25, 0.3) is 0 Å². The first kappa shape index (κ1) is 20.1. The van der Waals surface area contributed by atoms with Gasteiger partial charge in [-0.1, -0.05) is 30.3 Å². The van der Waals surface area contributed by atoms with E-state index >= 15 is 0 Å². The number of benzene rings is 3. The van der Waals surface area contributed by atoms with Crippen molar-refractivity contribution in [1.29, 1.82) is 0 Å². The Morgan fingerprint density at radius 3 is 0.909 bits per heavy atom. The van der Waals surface area contributed by atoms with Crippen molar-refractivity contribution in [3.63, 3.8) is 0 Å². The molecule has 0 atom stereocenters. The van der Waals surface area contributed by atoms with E-state index in [9.17, 15) is 0 Å². The van der Waals surface area contributed by atoms with E-state index in [1.807, 2.05) is 66.7 Å². The molecule has 0 spiro atoms. The summed E-state index contributed by atoms with van der Waals surface area (Å²) in [7, 11) is 0. The van der Waals surface area contributed by atoms with Crippen molar-refractivity contribution >= 4 is 0 Å². The third kappa shape index (κ3) is 10.8. The molecule has 1 nitrogen and oxygen atoms in total. The number of phenols is 1. The van der Waals surface area contributed by atoms with Gasteiger partial charge in [0, 0.05) is 0 Å². The van der Waals surface area contributed by atoms with Crippen LogP contribution in [0.5, 0.6) is 5.75 Å². The molecule has 2 heteroatoms. The molecule has 0 amide bonds. The summed E-state index contributed by atoms with van der Waals surface area (Å²) in [6.45, 7) is 7.44. The van der Waals surface area contributed by atoms with Gasteiger partial charge in [-0.25, -0.2) is 0 Å². The second-order valence-electron chi connectivity index (χ2n) is 4.31. The molecular formula is C20H20OZr. The maximum absolute atomic E-state index is 8.63. The Balaban J connectivity index is 0.000000294. The monoisotopic (exact) mass is 366 g/mol. The van der Waals surface area contributed by atoms with Crippen LogP contribution in [0, 0.1) is 13.8 Å². The fourth-order valence-corrected chi connectivity index (χ4v) is 1.38. The molecule has 0 aromatic heterocycles. The van der Waals surface area contributed by atoms with Crippen molar-refractivity contribution in [2.45, 2.75) is 0 Å². The maximum Gasteiger partial charge on any atom is 2.00 e. The summed E-state index contributed by atoms with van der Waals surface area (Å²) >= 11 is 0. The van der Waals surface area contributed by atoms with E-state index in [4.69, 9.17) is 5.11 Å². The molecule has 0 bridgehead atoms. The molecule has 0 aliphatic rings. The van der Waals surface area contributed by atoms with E-state index in [-0.39, 0.29) is 26.2 Å². The van der Waals surface area contributed by atoms with Crippen molar-refractivity contribution < 1.29 is 31.3 Å². The fraction of sp³-hybridized carbons (Fsp3) is 0. The van der Waals surface area contributed by atoms with Crippen LogP contribution in [0.3, 0.4) is 0 Å². The van der Waals surface area contributed by atoms with Crippen molar-refractivity contribution in [2.24, 2.45) is 0 Å². The molecule has 1 N–H and O–H groups in total. The zero-order valence-corrected chi connectivity index (χ0v) is 15.0. The second-order valence-corrected chi connectivity index (χ2v) is 4.31. The normalized spacial score (nSPS) is 8.18. The van der Waals surface area contributed by atoms with Gasteiger partial charge in [0.05, 0.1) is 0 Å². The Hall–Kier alpha value is -1.92. The third-order valence-corrected chi connectivity index (χ3v) is 2.44. The molecule has 0 heterocycles. The van der Waals surface area contributed by atoms with Crippen molar-refractivity contribution in [3.8, 4) is 5.75 Å². The maximum atomic E-state index is 8.63. The number of hydrogen-bond acceptors (Lipinski definition) is 1. The zero-order chi connectivity index (χ0) is 15.3. The average molecular weight is 368 g/mol. The van der Waals surface area contributed by atoms with E-state index in [1.165, 1.54) is 0 Å². The molecule has 0 fully saturated rings. The van der Waals surface area contributed by atoms with Crippen molar-refractivity contribution in [3.05, 3.63) is 116 Å². The Kier molecular flexibility index (Phi) is 11.7. The molecule has 3 aromatic carbocycles. The van der Waals surface area contributed by atoms with Crippen LogP contribution in [0.4, 0.5) is 0 Å². The van der Waals surface area contributed by atoms with Gasteiger partial charge in [0.1, 0.15) is 5.75 Å². The summed E-state index contributed by atoms with van der Waals surface area (Å²) in [5.41, 5.74) is 2.14. The molecule has 0 saturated heterocycles. The zero-order valence-electron chi connectivity index (χ0n) is 12.5. The molecule has 0 unspecified atom stereocenters. The minimum absolute atomic E-state index is 0. The number of rotatable bonds is 0. The van der Waals surface area contributed by atoms with Crippen molar-refractivity contribution in [2.75, 3.05) is 0 Å². The average Bonchev–Trinajstić information content (AvgIpc) is 2.51. The van der Waals surface area contributed by atoms with Crippen LogP contribution < -0.4 is 0 Å². The molecule has 0 aliphatic heterocycles. The Labute approximate surface area is 152 Å². The SMILES string of the molecule is Oc1ccccc1.[CH2-]c1ccccc1.[CH2-]c1ccccc1.[Zr+2]. The van der Waals surface area contributed by atoms with Gasteiger partial charge < -0.3 is 5.11 Å². The first-order chi connectivity index (χ1) is 10.2. The van der Waals surface area contributed by atoms with Gasteiger partial charge in [-0.05, 0) is 12.1 Å². The summed E-state index contributed by atoms with van der Waals surface area (Å²) in [6, 6.07) is 28.5. The predicted molar refractivity (Wildman–Crippen MR) is 89.9 cm³/mol. The van der Waals surface area contributed by atoms with Gasteiger partial charge >= 0.3 is 26.2 Å². The molecule has 0 saturated carbocycles. The predicted octanol–water partition coefficient (Wildman–Crippen LogP) is 5.13. The number of phenolic OH excluding ortho intramolecular Hbond substituents is 1. The van der Waals surface area contributed by atoms with Gasteiger partial charge in [0.25, 0.3) is 0 Å². The summed E-state index contributed by atoms with van der Waals surface area (Å²) in [5.74, 6) is 0.322. The summed E-state index contributed by atoms with van der Waals surface area (Å²) < 4.78 is 0. The number of hydrogen-bond donors (Lipinski definition) is 1. The molecule has 0 aliphatic carbocycles. The van der Waals surface area contributed by atoms with Crippen LogP contribution in [-0.4, -0.2) is 5.11 Å². The van der Waals surface area contributed by atoms with Crippen LogP contribution in [0.1, 0.15) is 11.1 Å². The second kappa shape index (κ2) is 12.8. The topological polar surface area (TPSA) is 20.2 Å². The minimum atomic E-state index is 0. The van der Waals surface area contributed by atoms with Gasteiger partial charge in [0.2, 0.25) is 0 Å². The fourth-order valence-electron chi connectivity index (χ4n) is 1.38. The van der Waals surface area contributed by atoms with E-state index < -0.39 is 0 Å². The van der Waals surface area contributed by atoms with Crippen LogP contribution in [-0.2, 0) is 26.2 Å². The first-order valence-corrected chi connectivity index (χ1v) is 6.66. The third-order valence-electron chi connectivity index (χ3n) is 2.44. The molecule has 3 aromatic rings. The first-order valence-electron chi connectivity index (χ1n) is 6.66. The summed E-state index contributed by atoms with van der Waals surface area (Å²) in [6.07, 6.45) is 0. The number of aromatic hydroxyl groups is 1. The van der Waals surface area contributed by atoms with Crippen LogP contribution in [0.2, 0.25) is 0 Å². The molecular weight excluding hydrogens is 347 g/mol. The van der Waals surface area contributed by atoms with Gasteiger partial charge in [-0.15, -0.1) is 24.3 Å². The molecule has 110 valence electrons. The summed E-state index contributed by atoms with van der Waals surface area (Å²) in [5, 5.41) is 8.63. The van der Waals surface area contributed by atoms with E-state index in [2.05, 4.69) is 13.8 Å². The van der Waals surface area contributed by atoms with Gasteiger partial charge in [-0.3, -0.25) is 0 Å². The van der Waals surface area contributed by atoms with E-state index in [0.717, 1.165) is 11.1 Å². The standard InChI is InChI=1S/2C7H7.C6H6O.Zr/c2*1-7-5-3-2-4-6-7;7-6-4-2-1-3-5-6;/h2*2-6H,1H2;1-5,7H;/q2*-1;;+2. The molecule has 22 heavy (non-hydrogen) atoms. The van der Waals surface area contributed by atoms with E-state index in [0.29, 0.717) is 5.75 Å². The molecule has 0 radical (unpaired) electrons. The molecule has 3 rings (SSSR count). The quantitative estimate of drug-likeness (QED) is 0.546.